The fraction of sp³-hybridized carbons (Fsp3) is 0.231. The maximum atomic E-state index is 4.18. The summed E-state index contributed by atoms with van der Waals surface area (Å²) in [7, 11) is 1.93. The number of aryl methyl sites for hydroxylation is 1. The molecule has 2 N–H and O–H groups in total. The molecule has 7 nitrogen and oxygen atoms in total. The van der Waals surface area contributed by atoms with Crippen LogP contribution in [0, 0.1) is 0 Å². The van der Waals surface area contributed by atoms with E-state index in [1.165, 1.54) is 0 Å². The summed E-state index contributed by atoms with van der Waals surface area (Å²) < 4.78 is 1.86. The van der Waals surface area contributed by atoms with Crippen LogP contribution in [0.15, 0.2) is 36.5 Å². The van der Waals surface area contributed by atoms with E-state index >= 15 is 0 Å². The number of rotatable bonds is 4. The number of aromatic nitrogens is 6. The first-order valence-electron chi connectivity index (χ1n) is 6.32. The van der Waals surface area contributed by atoms with E-state index in [-0.39, 0.29) is 6.04 Å². The van der Waals surface area contributed by atoms with Gasteiger partial charge in [0.15, 0.2) is 0 Å². The van der Waals surface area contributed by atoms with Crippen molar-refractivity contribution in [1.29, 1.82) is 0 Å². The molecule has 0 aliphatic heterocycles. The highest BCUT2D eigenvalue weighted by Gasteiger charge is 2.10. The normalized spacial score (nSPS) is 12.3. The highest BCUT2D eigenvalue weighted by Crippen LogP contribution is 2.22. The third-order valence-corrected chi connectivity index (χ3v) is 3.15. The highest BCUT2D eigenvalue weighted by atomic mass is 15.5. The average molecular weight is 269 g/mol. The second kappa shape index (κ2) is 5.12. The molecule has 0 bridgehead atoms. The number of anilines is 1. The number of H-pyrrole nitrogens is 1. The van der Waals surface area contributed by atoms with Gasteiger partial charge in [-0.1, -0.05) is 12.1 Å². The molecular formula is C13H15N7. The third kappa shape index (κ3) is 2.37. The van der Waals surface area contributed by atoms with Crippen LogP contribution in [-0.2, 0) is 7.05 Å². The molecule has 0 saturated carbocycles. The van der Waals surface area contributed by atoms with Gasteiger partial charge in [-0.05, 0) is 30.3 Å². The molecule has 20 heavy (non-hydrogen) atoms. The molecule has 0 fully saturated rings. The molecule has 0 aliphatic rings. The van der Waals surface area contributed by atoms with Gasteiger partial charge in [-0.25, -0.2) is 0 Å². The Morgan fingerprint density at radius 2 is 2.20 bits per heavy atom. The maximum Gasteiger partial charge on any atom is 0.204 e. The van der Waals surface area contributed by atoms with Gasteiger partial charge in [0.1, 0.15) is 0 Å². The topological polar surface area (TPSA) is 84.3 Å². The SMILES string of the molecule is CC(Nc1cccc(-c2nn[nH]n2)c1)c1ccnn1C. The second-order valence-corrected chi connectivity index (χ2v) is 4.56. The van der Waals surface area contributed by atoms with Gasteiger partial charge in [0.2, 0.25) is 5.82 Å². The molecule has 1 aromatic carbocycles. The van der Waals surface area contributed by atoms with Gasteiger partial charge in [0.25, 0.3) is 0 Å². The second-order valence-electron chi connectivity index (χ2n) is 4.56. The first-order valence-corrected chi connectivity index (χ1v) is 6.32. The van der Waals surface area contributed by atoms with Crippen LogP contribution in [0.2, 0.25) is 0 Å². The Kier molecular flexibility index (Phi) is 3.16. The largest absolute Gasteiger partial charge is 0.377 e. The zero-order chi connectivity index (χ0) is 13.9. The number of aromatic amines is 1. The minimum absolute atomic E-state index is 0.156. The van der Waals surface area contributed by atoms with Gasteiger partial charge in [-0.2, -0.15) is 10.3 Å². The lowest BCUT2D eigenvalue weighted by atomic mass is 10.1. The molecule has 102 valence electrons. The fourth-order valence-corrected chi connectivity index (χ4v) is 2.16. The predicted octanol–water partition coefficient (Wildman–Crippen LogP) is 1.77. The molecule has 3 aromatic rings. The van der Waals surface area contributed by atoms with Crippen LogP contribution in [0.3, 0.4) is 0 Å². The monoisotopic (exact) mass is 269 g/mol. The molecule has 2 aromatic heterocycles. The van der Waals surface area contributed by atoms with Crippen LogP contribution in [0.5, 0.6) is 0 Å². The fourth-order valence-electron chi connectivity index (χ4n) is 2.16. The quantitative estimate of drug-likeness (QED) is 0.754. The van der Waals surface area contributed by atoms with E-state index in [1.807, 2.05) is 42.1 Å². The van der Waals surface area contributed by atoms with Crippen molar-refractivity contribution in [1.82, 2.24) is 30.4 Å². The molecule has 0 spiro atoms. The van der Waals surface area contributed by atoms with E-state index in [2.05, 4.69) is 38.0 Å². The molecule has 2 heterocycles. The first-order chi connectivity index (χ1) is 9.74. The number of tetrazole rings is 1. The summed E-state index contributed by atoms with van der Waals surface area (Å²) in [5, 5.41) is 21.6. The van der Waals surface area contributed by atoms with Gasteiger partial charge >= 0.3 is 0 Å². The van der Waals surface area contributed by atoms with E-state index < -0.39 is 0 Å². The Bertz CT molecular complexity index is 686. The van der Waals surface area contributed by atoms with Gasteiger partial charge in [0.05, 0.1) is 11.7 Å². The van der Waals surface area contributed by atoms with Crippen molar-refractivity contribution in [3.63, 3.8) is 0 Å². The zero-order valence-corrected chi connectivity index (χ0v) is 11.3. The summed E-state index contributed by atoms with van der Waals surface area (Å²) in [6, 6.07) is 10.1. The summed E-state index contributed by atoms with van der Waals surface area (Å²) in [6.45, 7) is 2.10. The molecule has 0 saturated heterocycles. The van der Waals surface area contributed by atoms with Crippen LogP contribution in [0.1, 0.15) is 18.7 Å². The van der Waals surface area contributed by atoms with E-state index in [1.54, 1.807) is 6.20 Å². The van der Waals surface area contributed by atoms with Gasteiger partial charge in [0, 0.05) is 24.5 Å². The van der Waals surface area contributed by atoms with Crippen molar-refractivity contribution in [2.45, 2.75) is 13.0 Å². The van der Waals surface area contributed by atoms with Crippen molar-refractivity contribution < 1.29 is 0 Å². The molecule has 0 radical (unpaired) electrons. The maximum absolute atomic E-state index is 4.18. The number of nitrogens with one attached hydrogen (secondary N) is 2. The predicted molar refractivity (Wildman–Crippen MR) is 74.9 cm³/mol. The number of nitrogens with zero attached hydrogens (tertiary/aromatic N) is 5. The molecule has 0 amide bonds. The average Bonchev–Trinajstić information content (AvgIpc) is 3.09. The minimum atomic E-state index is 0.156. The Hall–Kier alpha value is -2.70. The Morgan fingerprint density at radius 1 is 1.30 bits per heavy atom. The molecule has 0 aliphatic carbocycles. The summed E-state index contributed by atoms with van der Waals surface area (Å²) in [6.07, 6.45) is 1.79. The zero-order valence-electron chi connectivity index (χ0n) is 11.3. The lowest BCUT2D eigenvalue weighted by Crippen LogP contribution is -2.11. The lowest BCUT2D eigenvalue weighted by molar-refractivity contribution is 0.676. The lowest BCUT2D eigenvalue weighted by Gasteiger charge is -2.15. The first kappa shape index (κ1) is 12.3. The highest BCUT2D eigenvalue weighted by molar-refractivity contribution is 5.62. The third-order valence-electron chi connectivity index (χ3n) is 3.15. The van der Waals surface area contributed by atoms with Crippen molar-refractivity contribution in [3.8, 4) is 11.4 Å². The van der Waals surface area contributed by atoms with Gasteiger partial charge in [-0.3, -0.25) is 4.68 Å². The van der Waals surface area contributed by atoms with Crippen molar-refractivity contribution in [2.24, 2.45) is 7.05 Å². The van der Waals surface area contributed by atoms with Crippen LogP contribution in [0.25, 0.3) is 11.4 Å². The smallest absolute Gasteiger partial charge is 0.204 e. The Morgan fingerprint density at radius 3 is 2.90 bits per heavy atom. The molecular weight excluding hydrogens is 254 g/mol. The molecule has 1 atom stereocenters. The summed E-state index contributed by atoms with van der Waals surface area (Å²) in [5.41, 5.74) is 3.04. The van der Waals surface area contributed by atoms with E-state index in [0.29, 0.717) is 5.82 Å². The Labute approximate surface area is 116 Å². The van der Waals surface area contributed by atoms with Crippen LogP contribution in [0.4, 0.5) is 5.69 Å². The van der Waals surface area contributed by atoms with Crippen LogP contribution in [-0.4, -0.2) is 30.4 Å². The summed E-state index contributed by atoms with van der Waals surface area (Å²) in [5.74, 6) is 0.585. The minimum Gasteiger partial charge on any atom is -0.377 e. The van der Waals surface area contributed by atoms with E-state index in [0.717, 1.165) is 16.9 Å². The molecule has 1 unspecified atom stereocenters. The summed E-state index contributed by atoms with van der Waals surface area (Å²) in [4.78, 5) is 0. The number of hydrogen-bond acceptors (Lipinski definition) is 5. The van der Waals surface area contributed by atoms with Gasteiger partial charge < -0.3 is 5.32 Å². The standard InChI is InChI=1S/C13H15N7/c1-9(12-6-7-14-20(12)2)15-11-5-3-4-10(8-11)13-16-18-19-17-13/h3-9,15H,1-2H3,(H,16,17,18,19). The number of hydrogen-bond donors (Lipinski definition) is 2. The van der Waals surface area contributed by atoms with Crippen LogP contribution >= 0.6 is 0 Å². The van der Waals surface area contributed by atoms with E-state index in [4.69, 9.17) is 0 Å². The summed E-state index contributed by atoms with van der Waals surface area (Å²) >= 11 is 0. The van der Waals surface area contributed by atoms with E-state index in [9.17, 15) is 0 Å². The molecule has 3 rings (SSSR count). The van der Waals surface area contributed by atoms with Crippen molar-refractivity contribution in [3.05, 3.63) is 42.2 Å². The van der Waals surface area contributed by atoms with Crippen LogP contribution < -0.4 is 5.32 Å². The molecule has 7 heteroatoms. The van der Waals surface area contributed by atoms with Crippen molar-refractivity contribution >= 4 is 5.69 Å². The Balaban J connectivity index is 1.81. The van der Waals surface area contributed by atoms with Gasteiger partial charge in [-0.15, -0.1) is 10.2 Å². The number of benzene rings is 1. The van der Waals surface area contributed by atoms with Crippen molar-refractivity contribution in [2.75, 3.05) is 5.32 Å².